The van der Waals surface area contributed by atoms with E-state index in [4.69, 9.17) is 38.2 Å². The first-order valence-electron chi connectivity index (χ1n) is 6.88. The first-order chi connectivity index (χ1) is 9.68. The third kappa shape index (κ3) is 3.30. The SMILES string of the molecule is CC1(C)OB(C(=Cc2c(Cl)cccc2Cl)CN)OC1(C)C. The van der Waals surface area contributed by atoms with Crippen LogP contribution in [0.2, 0.25) is 10.0 Å². The van der Waals surface area contributed by atoms with Crippen molar-refractivity contribution in [3.8, 4) is 0 Å². The van der Waals surface area contributed by atoms with Crippen molar-refractivity contribution < 1.29 is 9.31 Å². The Bertz CT molecular complexity index is 537. The monoisotopic (exact) mass is 327 g/mol. The molecular weight excluding hydrogens is 308 g/mol. The average Bonchev–Trinajstić information content (AvgIpc) is 2.58. The normalized spacial score (nSPS) is 20.9. The highest BCUT2D eigenvalue weighted by molar-refractivity contribution is 6.56. The van der Waals surface area contributed by atoms with E-state index in [0.29, 0.717) is 16.6 Å². The number of hydrogen-bond donors (Lipinski definition) is 1. The minimum Gasteiger partial charge on any atom is -0.400 e. The van der Waals surface area contributed by atoms with Gasteiger partial charge in [-0.1, -0.05) is 35.3 Å². The van der Waals surface area contributed by atoms with Crippen LogP contribution in [0, 0.1) is 0 Å². The van der Waals surface area contributed by atoms with Crippen LogP contribution < -0.4 is 5.73 Å². The summed E-state index contributed by atoms with van der Waals surface area (Å²) < 4.78 is 12.0. The fourth-order valence-corrected chi connectivity index (χ4v) is 2.56. The van der Waals surface area contributed by atoms with E-state index >= 15 is 0 Å². The van der Waals surface area contributed by atoms with Crippen molar-refractivity contribution >= 4 is 36.4 Å². The summed E-state index contributed by atoms with van der Waals surface area (Å²) in [6.45, 7) is 8.32. The van der Waals surface area contributed by atoms with E-state index in [2.05, 4.69) is 0 Å². The molecule has 0 atom stereocenters. The van der Waals surface area contributed by atoms with Gasteiger partial charge in [0.2, 0.25) is 0 Å². The molecule has 1 aromatic carbocycles. The predicted molar refractivity (Wildman–Crippen MR) is 89.6 cm³/mol. The minimum absolute atomic E-state index is 0.304. The molecule has 1 saturated heterocycles. The van der Waals surface area contributed by atoms with Crippen LogP contribution in [0.5, 0.6) is 0 Å². The van der Waals surface area contributed by atoms with Gasteiger partial charge in [-0.15, -0.1) is 0 Å². The maximum Gasteiger partial charge on any atom is 0.491 e. The van der Waals surface area contributed by atoms with Gasteiger partial charge in [-0.05, 0) is 45.3 Å². The maximum atomic E-state index is 6.20. The molecular formula is C15H20BCl2NO2. The lowest BCUT2D eigenvalue weighted by molar-refractivity contribution is 0.00578. The Morgan fingerprint density at radius 3 is 2.05 bits per heavy atom. The maximum absolute atomic E-state index is 6.20. The third-order valence-electron chi connectivity index (χ3n) is 4.12. The lowest BCUT2D eigenvalue weighted by Crippen LogP contribution is -2.41. The minimum atomic E-state index is -0.493. The molecule has 0 spiro atoms. The van der Waals surface area contributed by atoms with Crippen LogP contribution in [0.4, 0.5) is 0 Å². The molecule has 0 saturated carbocycles. The molecule has 0 amide bonds. The topological polar surface area (TPSA) is 44.5 Å². The Balaban J connectivity index is 2.36. The van der Waals surface area contributed by atoms with Crippen LogP contribution in [-0.4, -0.2) is 24.9 Å². The second kappa shape index (κ2) is 5.94. The standard InChI is InChI=1S/C15H20BCl2NO2/c1-14(2)15(3,4)21-16(20-14)10(9-19)8-11-12(17)6-5-7-13(11)18/h5-8H,9,19H2,1-4H3. The molecule has 0 unspecified atom stereocenters. The Hall–Kier alpha value is -0.515. The molecule has 0 aliphatic carbocycles. The Morgan fingerprint density at radius 2 is 1.62 bits per heavy atom. The molecule has 2 rings (SSSR count). The van der Waals surface area contributed by atoms with E-state index in [1.54, 1.807) is 18.2 Å². The van der Waals surface area contributed by atoms with Gasteiger partial charge in [-0.25, -0.2) is 0 Å². The molecule has 6 heteroatoms. The van der Waals surface area contributed by atoms with Gasteiger partial charge in [0.15, 0.2) is 0 Å². The van der Waals surface area contributed by atoms with Crippen LogP contribution in [0.15, 0.2) is 23.7 Å². The molecule has 1 fully saturated rings. The van der Waals surface area contributed by atoms with Crippen molar-refractivity contribution in [3.05, 3.63) is 39.3 Å². The second-order valence-electron chi connectivity index (χ2n) is 6.15. The van der Waals surface area contributed by atoms with Gasteiger partial charge in [0, 0.05) is 22.2 Å². The summed E-state index contributed by atoms with van der Waals surface area (Å²) >= 11 is 12.4. The van der Waals surface area contributed by atoms with Crippen molar-refractivity contribution in [2.24, 2.45) is 5.73 Å². The van der Waals surface area contributed by atoms with E-state index in [0.717, 1.165) is 11.0 Å². The smallest absolute Gasteiger partial charge is 0.400 e. The Kier molecular flexibility index (Phi) is 4.76. The zero-order chi connectivity index (χ0) is 15.8. The molecule has 1 aromatic rings. The molecule has 1 heterocycles. The Morgan fingerprint density at radius 1 is 1.14 bits per heavy atom. The molecule has 1 aliphatic heterocycles. The molecule has 1 aliphatic rings. The van der Waals surface area contributed by atoms with Crippen LogP contribution >= 0.6 is 23.2 Å². The molecule has 114 valence electrons. The van der Waals surface area contributed by atoms with E-state index < -0.39 is 18.3 Å². The van der Waals surface area contributed by atoms with Gasteiger partial charge >= 0.3 is 7.12 Å². The molecule has 0 aromatic heterocycles. The van der Waals surface area contributed by atoms with Gasteiger partial charge in [-0.2, -0.15) is 0 Å². The van der Waals surface area contributed by atoms with E-state index in [1.165, 1.54) is 0 Å². The largest absolute Gasteiger partial charge is 0.491 e. The van der Waals surface area contributed by atoms with Gasteiger partial charge in [0.25, 0.3) is 0 Å². The van der Waals surface area contributed by atoms with E-state index in [-0.39, 0.29) is 0 Å². The molecule has 21 heavy (non-hydrogen) atoms. The van der Waals surface area contributed by atoms with Gasteiger partial charge in [0.1, 0.15) is 0 Å². The summed E-state index contributed by atoms with van der Waals surface area (Å²) in [4.78, 5) is 0. The van der Waals surface area contributed by atoms with Crippen LogP contribution in [0.25, 0.3) is 6.08 Å². The lowest BCUT2D eigenvalue weighted by atomic mass is 9.77. The van der Waals surface area contributed by atoms with Gasteiger partial charge in [0.05, 0.1) is 11.2 Å². The summed E-state index contributed by atoms with van der Waals surface area (Å²) in [6.07, 6.45) is 1.85. The quantitative estimate of drug-likeness (QED) is 0.854. The predicted octanol–water partition coefficient (Wildman–Crippen LogP) is 3.97. The number of halogens is 2. The average molecular weight is 328 g/mol. The van der Waals surface area contributed by atoms with Crippen molar-refractivity contribution in [2.75, 3.05) is 6.54 Å². The fraction of sp³-hybridized carbons (Fsp3) is 0.467. The van der Waals surface area contributed by atoms with E-state index in [1.807, 2.05) is 33.8 Å². The third-order valence-corrected chi connectivity index (χ3v) is 4.78. The van der Waals surface area contributed by atoms with Gasteiger partial charge in [-0.3, -0.25) is 0 Å². The fourth-order valence-electron chi connectivity index (χ4n) is 2.05. The van der Waals surface area contributed by atoms with Crippen molar-refractivity contribution in [1.82, 2.24) is 0 Å². The zero-order valence-electron chi connectivity index (χ0n) is 12.7. The van der Waals surface area contributed by atoms with Crippen molar-refractivity contribution in [1.29, 1.82) is 0 Å². The molecule has 0 bridgehead atoms. The first kappa shape index (κ1) is 16.8. The molecule has 0 radical (unpaired) electrons. The second-order valence-corrected chi connectivity index (χ2v) is 6.96. The summed E-state index contributed by atoms with van der Waals surface area (Å²) in [7, 11) is -0.493. The van der Waals surface area contributed by atoms with Crippen molar-refractivity contribution in [3.63, 3.8) is 0 Å². The van der Waals surface area contributed by atoms with Crippen molar-refractivity contribution in [2.45, 2.75) is 38.9 Å². The lowest BCUT2D eigenvalue weighted by Gasteiger charge is -2.32. The highest BCUT2D eigenvalue weighted by Crippen LogP contribution is 2.39. The summed E-state index contributed by atoms with van der Waals surface area (Å²) in [5.41, 5.74) is 6.59. The zero-order valence-corrected chi connectivity index (χ0v) is 14.3. The molecule has 2 N–H and O–H groups in total. The Labute approximate surface area is 136 Å². The summed E-state index contributed by atoms with van der Waals surface area (Å²) in [5.74, 6) is 0. The number of benzene rings is 1. The highest BCUT2D eigenvalue weighted by Gasteiger charge is 2.52. The molecule has 3 nitrogen and oxygen atoms in total. The van der Waals surface area contributed by atoms with Gasteiger partial charge < -0.3 is 15.0 Å². The van der Waals surface area contributed by atoms with Crippen LogP contribution in [0.3, 0.4) is 0 Å². The summed E-state index contributed by atoms with van der Waals surface area (Å²) in [6, 6.07) is 5.38. The summed E-state index contributed by atoms with van der Waals surface area (Å²) in [5, 5.41) is 1.15. The number of hydrogen-bond acceptors (Lipinski definition) is 3. The number of nitrogens with two attached hydrogens (primary N) is 1. The highest BCUT2D eigenvalue weighted by atomic mass is 35.5. The first-order valence-corrected chi connectivity index (χ1v) is 7.64. The number of rotatable bonds is 3. The van der Waals surface area contributed by atoms with Crippen LogP contribution in [0.1, 0.15) is 33.3 Å². The van der Waals surface area contributed by atoms with E-state index in [9.17, 15) is 0 Å². The van der Waals surface area contributed by atoms with Crippen LogP contribution in [-0.2, 0) is 9.31 Å².